The topological polar surface area (TPSA) is 59.4 Å². The predicted octanol–water partition coefficient (Wildman–Crippen LogP) is 4.25. The normalized spacial score (nSPS) is 15.9. The number of piperidine rings is 1. The van der Waals surface area contributed by atoms with Crippen LogP contribution in [0.15, 0.2) is 36.9 Å². The summed E-state index contributed by atoms with van der Waals surface area (Å²) in [5.74, 6) is 0.534. The fourth-order valence-corrected chi connectivity index (χ4v) is 3.98. The molecule has 0 radical (unpaired) electrons. The van der Waals surface area contributed by atoms with Crippen molar-refractivity contribution in [2.24, 2.45) is 5.41 Å². The largest absolute Gasteiger partial charge is 0.489 e. The van der Waals surface area contributed by atoms with Crippen LogP contribution < -0.4 is 10.1 Å². The second-order valence-electron chi connectivity index (χ2n) is 9.21. The Bertz CT molecular complexity index is 809. The molecular weight excluding hydrogens is 400 g/mol. The molecule has 0 aliphatic carbocycles. The monoisotopic (exact) mass is 432 g/mol. The number of hydrogen-bond donors (Lipinski definition) is 1. The van der Waals surface area contributed by atoms with Crippen molar-refractivity contribution in [3.8, 4) is 5.75 Å². The second kappa shape index (κ2) is 10.3. The summed E-state index contributed by atoms with van der Waals surface area (Å²) in [6, 6.07) is 5.28. The van der Waals surface area contributed by atoms with E-state index in [1.165, 1.54) is 0 Å². The van der Waals surface area contributed by atoms with Crippen LogP contribution in [0.2, 0.25) is 5.02 Å². The van der Waals surface area contributed by atoms with Crippen LogP contribution in [-0.4, -0.2) is 52.6 Å². The highest BCUT2D eigenvalue weighted by Crippen LogP contribution is 2.29. The lowest BCUT2D eigenvalue weighted by atomic mass is 9.94. The van der Waals surface area contributed by atoms with Gasteiger partial charge in [-0.05, 0) is 42.9 Å². The van der Waals surface area contributed by atoms with E-state index in [-0.39, 0.29) is 12.0 Å². The Morgan fingerprint density at radius 3 is 2.70 bits per heavy atom. The van der Waals surface area contributed by atoms with Gasteiger partial charge in [-0.1, -0.05) is 32.4 Å². The zero-order valence-electron chi connectivity index (χ0n) is 18.2. The molecule has 0 unspecified atom stereocenters. The van der Waals surface area contributed by atoms with Gasteiger partial charge < -0.3 is 19.5 Å². The highest BCUT2D eigenvalue weighted by molar-refractivity contribution is 6.32. The van der Waals surface area contributed by atoms with Gasteiger partial charge >= 0.3 is 0 Å². The quantitative estimate of drug-likeness (QED) is 0.633. The molecule has 1 aromatic heterocycles. The Hall–Kier alpha value is -2.05. The Balaban J connectivity index is 1.44. The minimum atomic E-state index is -0.121. The van der Waals surface area contributed by atoms with Crippen molar-refractivity contribution in [2.75, 3.05) is 26.2 Å². The van der Waals surface area contributed by atoms with Crippen LogP contribution in [0.4, 0.5) is 0 Å². The zero-order chi connectivity index (χ0) is 21.6. The first-order valence-corrected chi connectivity index (χ1v) is 11.1. The first kappa shape index (κ1) is 22.6. The first-order chi connectivity index (χ1) is 14.3. The van der Waals surface area contributed by atoms with Crippen molar-refractivity contribution in [1.82, 2.24) is 19.8 Å². The van der Waals surface area contributed by atoms with Gasteiger partial charge in [0.15, 0.2) is 0 Å². The summed E-state index contributed by atoms with van der Waals surface area (Å²) in [5.41, 5.74) is 0.863. The molecule has 0 bridgehead atoms. The van der Waals surface area contributed by atoms with E-state index >= 15 is 0 Å². The van der Waals surface area contributed by atoms with E-state index in [0.717, 1.165) is 45.4 Å². The minimum absolute atomic E-state index is 0.121. The van der Waals surface area contributed by atoms with E-state index in [0.29, 0.717) is 28.3 Å². The van der Waals surface area contributed by atoms with Gasteiger partial charge in [0.2, 0.25) is 0 Å². The third-order valence-corrected chi connectivity index (χ3v) is 5.45. The molecule has 1 saturated heterocycles. The average molecular weight is 433 g/mol. The predicted molar refractivity (Wildman–Crippen MR) is 120 cm³/mol. The van der Waals surface area contributed by atoms with E-state index < -0.39 is 0 Å². The number of aryl methyl sites for hydroxylation is 1. The lowest BCUT2D eigenvalue weighted by Gasteiger charge is -2.36. The lowest BCUT2D eigenvalue weighted by Crippen LogP contribution is -2.42. The van der Waals surface area contributed by atoms with Crippen LogP contribution in [0.5, 0.6) is 5.75 Å². The molecule has 1 aliphatic heterocycles. The summed E-state index contributed by atoms with van der Waals surface area (Å²) < 4.78 is 8.13. The molecular formula is C23H33ClN4O2. The number of carbonyl (C=O) groups excluding carboxylic acids is 1. The van der Waals surface area contributed by atoms with Crippen LogP contribution in [0.3, 0.4) is 0 Å². The van der Waals surface area contributed by atoms with Crippen LogP contribution >= 0.6 is 11.6 Å². The highest BCUT2D eigenvalue weighted by atomic mass is 35.5. The van der Waals surface area contributed by atoms with E-state index in [1.807, 2.05) is 16.8 Å². The van der Waals surface area contributed by atoms with Gasteiger partial charge in [0.25, 0.3) is 5.91 Å². The van der Waals surface area contributed by atoms with Gasteiger partial charge in [-0.15, -0.1) is 0 Å². The molecule has 3 rings (SSSR count). The van der Waals surface area contributed by atoms with Crippen molar-refractivity contribution in [2.45, 2.75) is 52.7 Å². The molecule has 7 heteroatoms. The number of nitrogens with zero attached hydrogens (tertiary/aromatic N) is 3. The van der Waals surface area contributed by atoms with E-state index in [1.54, 1.807) is 24.7 Å². The van der Waals surface area contributed by atoms with Crippen LogP contribution in [0.25, 0.3) is 0 Å². The number of hydrogen-bond acceptors (Lipinski definition) is 4. The van der Waals surface area contributed by atoms with Gasteiger partial charge in [-0.2, -0.15) is 0 Å². The molecule has 2 aromatic rings. The van der Waals surface area contributed by atoms with E-state index in [9.17, 15) is 4.79 Å². The van der Waals surface area contributed by atoms with E-state index in [4.69, 9.17) is 16.3 Å². The molecule has 1 aromatic carbocycles. The summed E-state index contributed by atoms with van der Waals surface area (Å²) in [4.78, 5) is 18.9. The number of carbonyl (C=O) groups is 1. The summed E-state index contributed by atoms with van der Waals surface area (Å²) in [7, 11) is 0. The molecule has 2 heterocycles. The van der Waals surface area contributed by atoms with Crippen molar-refractivity contribution in [3.05, 3.63) is 47.5 Å². The summed E-state index contributed by atoms with van der Waals surface area (Å²) >= 11 is 6.41. The van der Waals surface area contributed by atoms with Crippen molar-refractivity contribution in [1.29, 1.82) is 0 Å². The fraction of sp³-hybridized carbons (Fsp3) is 0.565. The van der Waals surface area contributed by atoms with Gasteiger partial charge in [-0.3, -0.25) is 4.79 Å². The second-order valence-corrected chi connectivity index (χ2v) is 9.62. The molecule has 6 nitrogen and oxygen atoms in total. The number of benzene rings is 1. The number of rotatable bonds is 8. The number of ether oxygens (including phenoxy) is 1. The van der Waals surface area contributed by atoms with Gasteiger partial charge in [-0.25, -0.2) is 4.98 Å². The van der Waals surface area contributed by atoms with Gasteiger partial charge in [0.05, 0.1) is 11.3 Å². The summed E-state index contributed by atoms with van der Waals surface area (Å²) in [6.45, 7) is 11.4. The SMILES string of the molecule is CC(C)(C)CN1CCC(Oc2ccc(C(=O)NCCCn3ccnc3)cc2Cl)CC1. The van der Waals surface area contributed by atoms with E-state index in [2.05, 4.69) is 36.0 Å². The maximum atomic E-state index is 12.4. The number of amides is 1. The Morgan fingerprint density at radius 1 is 1.30 bits per heavy atom. The molecule has 1 aliphatic rings. The molecule has 0 atom stereocenters. The highest BCUT2D eigenvalue weighted by Gasteiger charge is 2.24. The molecule has 30 heavy (non-hydrogen) atoms. The molecule has 0 saturated carbocycles. The van der Waals surface area contributed by atoms with Crippen LogP contribution in [-0.2, 0) is 6.54 Å². The average Bonchev–Trinajstić information content (AvgIpc) is 3.20. The molecule has 1 N–H and O–H groups in total. The maximum absolute atomic E-state index is 12.4. The standard InChI is InChI=1S/C23H33ClN4O2/c1-23(2,3)16-27-12-7-19(8-13-27)30-21-6-5-18(15-20(21)24)22(29)26-9-4-11-28-14-10-25-17-28/h5-6,10,14-15,17,19H,4,7-9,11-13,16H2,1-3H3,(H,26,29). The van der Waals surface area contributed by atoms with Crippen LogP contribution in [0.1, 0.15) is 50.4 Å². The first-order valence-electron chi connectivity index (χ1n) is 10.7. The molecule has 1 fully saturated rings. The lowest BCUT2D eigenvalue weighted by molar-refractivity contribution is 0.0811. The number of imidazole rings is 1. The third kappa shape index (κ3) is 7.03. The molecule has 1 amide bonds. The number of likely N-dealkylation sites (tertiary alicyclic amines) is 1. The fourth-order valence-electron chi connectivity index (χ4n) is 3.76. The smallest absolute Gasteiger partial charge is 0.251 e. The Morgan fingerprint density at radius 2 is 2.07 bits per heavy atom. The van der Waals surface area contributed by atoms with Gasteiger partial charge in [0, 0.05) is 50.7 Å². The van der Waals surface area contributed by atoms with Crippen molar-refractivity contribution < 1.29 is 9.53 Å². The number of nitrogens with one attached hydrogen (secondary N) is 1. The molecule has 164 valence electrons. The maximum Gasteiger partial charge on any atom is 0.251 e. The zero-order valence-corrected chi connectivity index (χ0v) is 19.0. The van der Waals surface area contributed by atoms with Crippen LogP contribution in [0, 0.1) is 5.41 Å². The number of aromatic nitrogens is 2. The number of halogens is 1. The minimum Gasteiger partial charge on any atom is -0.489 e. The summed E-state index contributed by atoms with van der Waals surface area (Å²) in [6.07, 6.45) is 8.42. The Labute approximate surface area is 184 Å². The van der Waals surface area contributed by atoms with Crippen molar-refractivity contribution >= 4 is 17.5 Å². The summed E-state index contributed by atoms with van der Waals surface area (Å²) in [5, 5.41) is 3.42. The Kier molecular flexibility index (Phi) is 7.78. The van der Waals surface area contributed by atoms with Gasteiger partial charge in [0.1, 0.15) is 11.9 Å². The third-order valence-electron chi connectivity index (χ3n) is 5.16. The van der Waals surface area contributed by atoms with Crippen molar-refractivity contribution in [3.63, 3.8) is 0 Å². The molecule has 0 spiro atoms.